The third-order valence-electron chi connectivity index (χ3n) is 9.62. The van der Waals surface area contributed by atoms with Gasteiger partial charge in [0.25, 0.3) is 5.91 Å². The predicted molar refractivity (Wildman–Crippen MR) is 226 cm³/mol. The molecule has 1 aromatic heterocycles. The van der Waals surface area contributed by atoms with E-state index in [1.54, 1.807) is 42.2 Å². The first kappa shape index (κ1) is 48.5. The van der Waals surface area contributed by atoms with Crippen molar-refractivity contribution in [1.82, 2.24) is 36.3 Å². The zero-order valence-corrected chi connectivity index (χ0v) is 35.8. The number of carbonyl (C=O) groups excluding carboxylic acids is 6. The number of rotatable bonds is 28. The van der Waals surface area contributed by atoms with E-state index in [1.807, 2.05) is 39.8 Å². The highest BCUT2D eigenvalue weighted by molar-refractivity contribution is 6.01. The maximum Gasteiger partial charge on any atom is 0.255 e. The van der Waals surface area contributed by atoms with Crippen LogP contribution in [0.5, 0.6) is 11.5 Å². The molecule has 0 saturated carbocycles. The van der Waals surface area contributed by atoms with Crippen molar-refractivity contribution >= 4 is 35.3 Å². The summed E-state index contributed by atoms with van der Waals surface area (Å²) in [6.07, 6.45) is 5.60. The first-order valence-corrected chi connectivity index (χ1v) is 20.6. The van der Waals surface area contributed by atoms with Gasteiger partial charge in [-0.05, 0) is 93.8 Å². The second kappa shape index (κ2) is 24.9. The summed E-state index contributed by atoms with van der Waals surface area (Å²) in [6.45, 7) is 10.7. The number of nitrogens with one attached hydrogen (secondary N) is 4. The number of benzene rings is 2. The minimum Gasteiger partial charge on any atom is -0.493 e. The highest BCUT2D eigenvalue weighted by Crippen LogP contribution is 2.22. The lowest BCUT2D eigenvalue weighted by molar-refractivity contribution is -0.129. The van der Waals surface area contributed by atoms with E-state index in [4.69, 9.17) is 20.9 Å². The average molecular weight is 834 g/mol. The maximum atomic E-state index is 13.3. The summed E-state index contributed by atoms with van der Waals surface area (Å²) in [5.41, 5.74) is 13.1. The summed E-state index contributed by atoms with van der Waals surface area (Å²) in [4.78, 5) is 74.3. The Hall–Kier alpha value is -5.84. The Labute approximate surface area is 352 Å². The summed E-state index contributed by atoms with van der Waals surface area (Å²) in [6, 6.07) is 9.81. The molecular formula is C43H63N9O8. The van der Waals surface area contributed by atoms with Gasteiger partial charge in [0, 0.05) is 37.9 Å². The van der Waals surface area contributed by atoms with Crippen LogP contribution in [0.25, 0.3) is 0 Å². The van der Waals surface area contributed by atoms with Gasteiger partial charge >= 0.3 is 0 Å². The Morgan fingerprint density at radius 1 is 0.817 bits per heavy atom. The number of hydrogen-bond donors (Lipinski definition) is 6. The monoisotopic (exact) mass is 833 g/mol. The summed E-state index contributed by atoms with van der Waals surface area (Å²) < 4.78 is 13.5. The number of Topliss-reactive ketones (excluding diaryl/α,β-unsaturated/α-hetero) is 1. The molecule has 0 bridgehead atoms. The molecule has 1 heterocycles. The molecule has 2 aromatic carbocycles. The van der Waals surface area contributed by atoms with Gasteiger partial charge in [-0.3, -0.25) is 33.4 Å². The van der Waals surface area contributed by atoms with Crippen molar-refractivity contribution < 1.29 is 38.2 Å². The topological polar surface area (TPSA) is 252 Å². The van der Waals surface area contributed by atoms with Crippen molar-refractivity contribution in [2.24, 2.45) is 23.3 Å². The molecule has 0 saturated heterocycles. The molecular weight excluding hydrogens is 771 g/mol. The van der Waals surface area contributed by atoms with E-state index in [0.717, 1.165) is 12.0 Å². The lowest BCUT2D eigenvalue weighted by atomic mass is 10.0. The lowest BCUT2D eigenvalue weighted by Gasteiger charge is -2.21. The molecule has 60 heavy (non-hydrogen) atoms. The molecule has 3 aromatic rings. The van der Waals surface area contributed by atoms with E-state index in [0.29, 0.717) is 73.7 Å². The van der Waals surface area contributed by atoms with Gasteiger partial charge in [0.2, 0.25) is 23.6 Å². The Kier molecular flexibility index (Phi) is 20.2. The lowest BCUT2D eigenvalue weighted by Crippen LogP contribution is -2.51. The minimum atomic E-state index is -0.830. The molecule has 0 spiro atoms. The Morgan fingerprint density at radius 3 is 2.17 bits per heavy atom. The van der Waals surface area contributed by atoms with Crippen LogP contribution in [0.3, 0.4) is 0 Å². The summed E-state index contributed by atoms with van der Waals surface area (Å²) >= 11 is 0. The number of hydrogen-bond acceptors (Lipinski definition) is 11. The summed E-state index contributed by atoms with van der Waals surface area (Å²) in [5, 5.41) is 19.7. The number of aryl methyl sites for hydroxylation is 1. The van der Waals surface area contributed by atoms with E-state index >= 15 is 0 Å². The number of primary amides is 2. The smallest absolute Gasteiger partial charge is 0.255 e. The van der Waals surface area contributed by atoms with Crippen LogP contribution in [-0.2, 0) is 38.8 Å². The Bertz CT molecular complexity index is 1880. The van der Waals surface area contributed by atoms with Crippen LogP contribution < -0.4 is 42.2 Å². The van der Waals surface area contributed by atoms with Crippen LogP contribution in [-0.4, -0.2) is 88.6 Å². The second-order valence-corrected chi connectivity index (χ2v) is 15.7. The second-order valence-electron chi connectivity index (χ2n) is 15.7. The van der Waals surface area contributed by atoms with Crippen LogP contribution in [0.1, 0.15) is 112 Å². The van der Waals surface area contributed by atoms with Crippen molar-refractivity contribution in [3.8, 4) is 11.5 Å². The van der Waals surface area contributed by atoms with E-state index in [2.05, 4.69) is 31.6 Å². The summed E-state index contributed by atoms with van der Waals surface area (Å²) in [5.74, 6) is -0.739. The quantitative estimate of drug-likeness (QED) is 0.0458. The molecule has 5 amide bonds. The SMILES string of the molecule is CN[C@@H](CC(C)C)C(=O)N[C@@H](CCCCNC(=O)c1cc(C(C)=O)ccc1OCCCn1cc(COc2ccc(C[C@H](NC(=O)CCC(C)C)C(N)=O)cc2)nn1)C(N)=O. The van der Waals surface area contributed by atoms with Gasteiger partial charge in [-0.25, -0.2) is 0 Å². The zero-order chi connectivity index (χ0) is 44.2. The van der Waals surface area contributed by atoms with Gasteiger partial charge in [-0.2, -0.15) is 0 Å². The Morgan fingerprint density at radius 2 is 1.53 bits per heavy atom. The number of aromatic nitrogens is 3. The van der Waals surface area contributed by atoms with Crippen molar-refractivity contribution in [2.75, 3.05) is 20.2 Å². The molecule has 17 heteroatoms. The van der Waals surface area contributed by atoms with E-state index in [1.165, 1.54) is 13.0 Å². The number of ether oxygens (including phenoxy) is 2. The molecule has 0 unspecified atom stereocenters. The van der Waals surface area contributed by atoms with Gasteiger partial charge in [-0.1, -0.05) is 45.0 Å². The van der Waals surface area contributed by atoms with Gasteiger partial charge < -0.3 is 42.2 Å². The van der Waals surface area contributed by atoms with Crippen LogP contribution >= 0.6 is 0 Å². The number of carbonyl (C=O) groups is 6. The number of likely N-dealkylation sites (N-methyl/N-ethyl adjacent to an activating group) is 1. The van der Waals surface area contributed by atoms with Crippen molar-refractivity contribution in [3.05, 3.63) is 71.0 Å². The molecule has 3 atom stereocenters. The Balaban J connectivity index is 1.45. The fourth-order valence-electron chi connectivity index (χ4n) is 6.15. The molecule has 8 N–H and O–H groups in total. The molecule has 0 aliphatic heterocycles. The molecule has 17 nitrogen and oxygen atoms in total. The molecule has 0 aliphatic carbocycles. The van der Waals surface area contributed by atoms with E-state index in [-0.39, 0.29) is 55.3 Å². The first-order valence-electron chi connectivity index (χ1n) is 20.6. The normalized spacial score (nSPS) is 12.7. The zero-order valence-electron chi connectivity index (χ0n) is 35.8. The fraction of sp³-hybridized carbons (Fsp3) is 0.535. The highest BCUT2D eigenvalue weighted by atomic mass is 16.5. The molecule has 0 fully saturated rings. The third-order valence-corrected chi connectivity index (χ3v) is 9.62. The largest absolute Gasteiger partial charge is 0.493 e. The molecule has 328 valence electrons. The number of ketones is 1. The number of unbranched alkanes of at least 4 members (excludes halogenated alkanes) is 1. The van der Waals surface area contributed by atoms with Gasteiger partial charge in [0.1, 0.15) is 35.9 Å². The molecule has 0 aliphatic rings. The first-order chi connectivity index (χ1) is 28.6. The maximum absolute atomic E-state index is 13.3. The van der Waals surface area contributed by atoms with Crippen molar-refractivity contribution in [3.63, 3.8) is 0 Å². The number of amides is 5. The van der Waals surface area contributed by atoms with Crippen molar-refractivity contribution in [1.29, 1.82) is 0 Å². The van der Waals surface area contributed by atoms with E-state index < -0.39 is 35.8 Å². The van der Waals surface area contributed by atoms with Crippen LogP contribution in [0.2, 0.25) is 0 Å². The van der Waals surface area contributed by atoms with Gasteiger partial charge in [0.15, 0.2) is 5.78 Å². The van der Waals surface area contributed by atoms with Crippen LogP contribution in [0.4, 0.5) is 0 Å². The highest BCUT2D eigenvalue weighted by Gasteiger charge is 2.24. The fourth-order valence-corrected chi connectivity index (χ4v) is 6.15. The molecule has 0 radical (unpaired) electrons. The average Bonchev–Trinajstić information content (AvgIpc) is 3.66. The van der Waals surface area contributed by atoms with Crippen LogP contribution in [0.15, 0.2) is 48.7 Å². The minimum absolute atomic E-state index is 0.171. The predicted octanol–water partition coefficient (Wildman–Crippen LogP) is 2.98. The molecule has 3 rings (SSSR count). The van der Waals surface area contributed by atoms with Crippen LogP contribution in [0, 0.1) is 11.8 Å². The summed E-state index contributed by atoms with van der Waals surface area (Å²) in [7, 11) is 1.70. The number of nitrogens with two attached hydrogens (primary N) is 2. The van der Waals surface area contributed by atoms with Gasteiger partial charge in [-0.15, -0.1) is 5.10 Å². The van der Waals surface area contributed by atoms with Gasteiger partial charge in [0.05, 0.1) is 24.4 Å². The number of nitrogens with zero attached hydrogens (tertiary/aromatic N) is 3. The van der Waals surface area contributed by atoms with E-state index in [9.17, 15) is 28.8 Å². The van der Waals surface area contributed by atoms with Crippen molar-refractivity contribution in [2.45, 2.75) is 117 Å². The third kappa shape index (κ3) is 17.2. The standard InChI is InChI=1S/C43H63N9O8/c1-27(2)11-18-39(54)48-36(41(45)56)23-30-12-15-33(16-13-30)60-26-32-25-52(51-50-32)20-9-21-59-38-17-14-31(29(5)53)24-34(38)42(57)47-19-8-7-10-35(40(44)55)49-43(58)37(46-6)22-28(3)4/h12-17,24-25,27-28,35-37,46H,7-11,18-23,26H2,1-6H3,(H2,44,55)(H2,45,56)(H,47,57)(H,48,54)(H,49,58)/t35-,36-,37-/m0/s1.